The van der Waals surface area contributed by atoms with Gasteiger partial charge in [-0.05, 0) is 31.0 Å². The fourth-order valence-corrected chi connectivity index (χ4v) is 2.09. The van der Waals surface area contributed by atoms with Gasteiger partial charge in [0, 0.05) is 6.92 Å². The highest BCUT2D eigenvalue weighted by Crippen LogP contribution is 2.40. The van der Waals surface area contributed by atoms with E-state index in [1.54, 1.807) is 0 Å². The minimum atomic E-state index is -4.75. The molecule has 0 saturated carbocycles. The maximum absolute atomic E-state index is 12.8. The van der Waals surface area contributed by atoms with E-state index >= 15 is 0 Å². The van der Waals surface area contributed by atoms with Gasteiger partial charge in [-0.3, -0.25) is 4.79 Å². The second-order valence-corrected chi connectivity index (χ2v) is 5.13. The summed E-state index contributed by atoms with van der Waals surface area (Å²) in [5, 5.41) is 20.9. The third-order valence-electron chi connectivity index (χ3n) is 2.86. The number of aliphatic hydroxyl groups excluding tert-OH is 1. The molecule has 118 valence electrons. The normalized spacial score (nSPS) is 14.6. The van der Waals surface area contributed by atoms with Gasteiger partial charge in [-0.25, -0.2) is 0 Å². The lowest BCUT2D eigenvalue weighted by Crippen LogP contribution is -2.42. The molecule has 1 aromatic rings. The molecule has 0 bridgehead atoms. The average Bonchev–Trinajstić information content (AvgIpc) is 2.30. The fourth-order valence-electron chi connectivity index (χ4n) is 1.85. The van der Waals surface area contributed by atoms with Gasteiger partial charge in [0.25, 0.3) is 0 Å². The van der Waals surface area contributed by atoms with Crippen LogP contribution in [-0.2, 0) is 17.4 Å². The highest BCUT2D eigenvalue weighted by molar-refractivity contribution is 6.32. The number of hydrogen-bond acceptors (Lipinski definition) is 3. The molecule has 3 N–H and O–H groups in total. The lowest BCUT2D eigenvalue weighted by Gasteiger charge is -2.21. The van der Waals surface area contributed by atoms with Crippen LogP contribution in [0.25, 0.3) is 0 Å². The minimum Gasteiger partial charge on any atom is -0.506 e. The summed E-state index contributed by atoms with van der Waals surface area (Å²) in [5.41, 5.74) is -1.11. The molecule has 0 fully saturated rings. The molecule has 21 heavy (non-hydrogen) atoms. The molecule has 0 aliphatic heterocycles. The molecule has 0 aliphatic carbocycles. The zero-order valence-corrected chi connectivity index (χ0v) is 12.1. The zero-order chi connectivity index (χ0) is 16.4. The van der Waals surface area contributed by atoms with Gasteiger partial charge in [0.1, 0.15) is 5.75 Å². The number of phenols is 1. The molecule has 0 radical (unpaired) electrons. The molecule has 0 heterocycles. The minimum absolute atomic E-state index is 0.0552. The van der Waals surface area contributed by atoms with Gasteiger partial charge in [-0.1, -0.05) is 11.6 Å². The van der Waals surface area contributed by atoms with Crippen molar-refractivity contribution in [2.45, 2.75) is 38.6 Å². The number of aromatic hydroxyl groups is 1. The third kappa shape index (κ3) is 4.78. The predicted molar refractivity (Wildman–Crippen MR) is 71.1 cm³/mol. The summed E-state index contributed by atoms with van der Waals surface area (Å²) >= 11 is 5.59. The van der Waals surface area contributed by atoms with Crippen molar-refractivity contribution in [3.8, 4) is 5.75 Å². The van der Waals surface area contributed by atoms with E-state index in [1.165, 1.54) is 19.9 Å². The van der Waals surface area contributed by atoms with Gasteiger partial charge in [0.2, 0.25) is 5.91 Å². The number of rotatable bonds is 4. The Morgan fingerprint density at radius 1 is 1.43 bits per heavy atom. The van der Waals surface area contributed by atoms with Gasteiger partial charge in [-0.15, -0.1) is 0 Å². The number of carbonyl (C=O) groups excluding carboxylic acids is 1. The van der Waals surface area contributed by atoms with E-state index in [2.05, 4.69) is 5.32 Å². The zero-order valence-electron chi connectivity index (χ0n) is 11.3. The van der Waals surface area contributed by atoms with E-state index in [0.29, 0.717) is 0 Å². The van der Waals surface area contributed by atoms with Gasteiger partial charge in [0.15, 0.2) is 0 Å². The van der Waals surface area contributed by atoms with Crippen molar-refractivity contribution in [2.24, 2.45) is 0 Å². The summed E-state index contributed by atoms with van der Waals surface area (Å²) < 4.78 is 38.3. The predicted octanol–water partition coefficient (Wildman–Crippen LogP) is 2.49. The van der Waals surface area contributed by atoms with E-state index in [-0.39, 0.29) is 12.0 Å². The van der Waals surface area contributed by atoms with Crippen molar-refractivity contribution >= 4 is 17.5 Å². The number of nitrogens with one attached hydrogen (secondary N) is 1. The van der Waals surface area contributed by atoms with Gasteiger partial charge in [0.05, 0.1) is 22.7 Å². The topological polar surface area (TPSA) is 69.6 Å². The van der Waals surface area contributed by atoms with E-state index < -0.39 is 40.6 Å². The molecule has 0 aromatic heterocycles. The molecule has 0 aliphatic rings. The summed E-state index contributed by atoms with van der Waals surface area (Å²) in [6, 6.07) is 1.16. The van der Waals surface area contributed by atoms with E-state index in [1.807, 2.05) is 0 Å². The number of amides is 1. The molecular formula is C13H15ClF3NO3. The number of alkyl halides is 3. The molecule has 0 spiro atoms. The maximum atomic E-state index is 12.8. The standard InChI is InChI=1S/C13H15ClF3NO3/c1-6(19)11(18-7(2)20)5-8-3-9(13(15,16)17)12(21)10(14)4-8/h3-4,6,11,19,21H,5H2,1-2H3,(H,18,20)/t6?,11-/m1/s1. The largest absolute Gasteiger partial charge is 0.506 e. The van der Waals surface area contributed by atoms with E-state index in [9.17, 15) is 28.2 Å². The second kappa shape index (κ2) is 6.53. The first kappa shape index (κ1) is 17.6. The summed E-state index contributed by atoms with van der Waals surface area (Å²) in [6.07, 6.45) is -5.77. The van der Waals surface area contributed by atoms with E-state index in [4.69, 9.17) is 11.6 Å². The average molecular weight is 326 g/mol. The Balaban J connectivity index is 3.13. The number of aliphatic hydroxyl groups is 1. The number of phenolic OH excluding ortho intramolecular Hbond substituents is 1. The molecule has 2 atom stereocenters. The first-order valence-electron chi connectivity index (χ1n) is 6.06. The first-order valence-corrected chi connectivity index (χ1v) is 6.44. The van der Waals surface area contributed by atoms with Crippen LogP contribution < -0.4 is 5.32 Å². The van der Waals surface area contributed by atoms with Crippen LogP contribution in [0.3, 0.4) is 0 Å². The molecule has 8 heteroatoms. The SMILES string of the molecule is CC(=O)N[C@H](Cc1cc(Cl)c(O)c(C(F)(F)F)c1)C(C)O. The Bertz CT molecular complexity index is 532. The van der Waals surface area contributed by atoms with Crippen LogP contribution in [0.5, 0.6) is 5.75 Å². The van der Waals surface area contributed by atoms with Gasteiger partial charge in [-0.2, -0.15) is 13.2 Å². The van der Waals surface area contributed by atoms with Crippen LogP contribution >= 0.6 is 11.6 Å². The molecule has 1 aromatic carbocycles. The van der Waals surface area contributed by atoms with Crippen molar-refractivity contribution in [3.63, 3.8) is 0 Å². The number of hydrogen-bond donors (Lipinski definition) is 3. The Hall–Kier alpha value is -1.47. The third-order valence-corrected chi connectivity index (χ3v) is 3.14. The quantitative estimate of drug-likeness (QED) is 0.796. The lowest BCUT2D eigenvalue weighted by molar-refractivity contribution is -0.138. The lowest BCUT2D eigenvalue weighted by atomic mass is 9.99. The van der Waals surface area contributed by atoms with Crippen LogP contribution in [0.2, 0.25) is 5.02 Å². The van der Waals surface area contributed by atoms with Crippen LogP contribution in [0.15, 0.2) is 12.1 Å². The summed E-state index contributed by atoms with van der Waals surface area (Å²) in [6.45, 7) is 2.65. The Morgan fingerprint density at radius 2 is 2.00 bits per heavy atom. The van der Waals surface area contributed by atoms with Crippen LogP contribution in [-0.4, -0.2) is 28.3 Å². The van der Waals surface area contributed by atoms with Crippen molar-refractivity contribution < 1.29 is 28.2 Å². The maximum Gasteiger partial charge on any atom is 0.420 e. The number of halogens is 4. The van der Waals surface area contributed by atoms with Crippen LogP contribution in [0.4, 0.5) is 13.2 Å². The highest BCUT2D eigenvalue weighted by atomic mass is 35.5. The Morgan fingerprint density at radius 3 is 2.43 bits per heavy atom. The van der Waals surface area contributed by atoms with Crippen LogP contribution in [0, 0.1) is 0 Å². The number of benzene rings is 1. The molecule has 1 rings (SSSR count). The fraction of sp³-hybridized carbons (Fsp3) is 0.462. The van der Waals surface area contributed by atoms with Gasteiger partial charge >= 0.3 is 6.18 Å². The molecule has 1 amide bonds. The van der Waals surface area contributed by atoms with Crippen molar-refractivity contribution in [2.75, 3.05) is 0 Å². The summed E-state index contributed by atoms with van der Waals surface area (Å²) in [7, 11) is 0. The first-order chi connectivity index (χ1) is 9.52. The summed E-state index contributed by atoms with van der Waals surface area (Å²) in [4.78, 5) is 11.0. The van der Waals surface area contributed by atoms with Crippen molar-refractivity contribution in [1.29, 1.82) is 0 Å². The smallest absolute Gasteiger partial charge is 0.420 e. The van der Waals surface area contributed by atoms with E-state index in [0.717, 1.165) is 6.07 Å². The second-order valence-electron chi connectivity index (χ2n) is 4.72. The molecule has 0 saturated heterocycles. The van der Waals surface area contributed by atoms with Crippen LogP contribution in [0.1, 0.15) is 25.0 Å². The van der Waals surface area contributed by atoms with Gasteiger partial charge < -0.3 is 15.5 Å². The van der Waals surface area contributed by atoms with Crippen molar-refractivity contribution in [3.05, 3.63) is 28.3 Å². The monoisotopic (exact) mass is 325 g/mol. The summed E-state index contributed by atoms with van der Waals surface area (Å²) in [5.74, 6) is -1.46. The van der Waals surface area contributed by atoms with Crippen molar-refractivity contribution in [1.82, 2.24) is 5.32 Å². The number of carbonyl (C=O) groups is 1. The Labute approximate surface area is 124 Å². The molecule has 4 nitrogen and oxygen atoms in total. The Kier molecular flexibility index (Phi) is 5.47. The molecule has 1 unspecified atom stereocenters. The highest BCUT2D eigenvalue weighted by Gasteiger charge is 2.35. The molecular weight excluding hydrogens is 311 g/mol.